The lowest BCUT2D eigenvalue weighted by Gasteiger charge is -2.33. The van der Waals surface area contributed by atoms with Gasteiger partial charge >= 0.3 is 5.97 Å². The van der Waals surface area contributed by atoms with Crippen molar-refractivity contribution in [2.45, 2.75) is 44.2 Å². The summed E-state index contributed by atoms with van der Waals surface area (Å²) in [6, 6.07) is 9.75. The first kappa shape index (κ1) is 17.5. The number of pyridine rings is 1. The number of ether oxygens (including phenoxy) is 1. The second-order valence-electron chi connectivity index (χ2n) is 7.23. The molecule has 0 spiro atoms. The highest BCUT2D eigenvalue weighted by molar-refractivity contribution is 5.97. The maximum absolute atomic E-state index is 13.1. The summed E-state index contributed by atoms with van der Waals surface area (Å²) >= 11 is 0. The number of benzene rings is 1. The summed E-state index contributed by atoms with van der Waals surface area (Å²) in [5.74, 6) is 0.411. The van der Waals surface area contributed by atoms with Gasteiger partial charge in [-0.25, -0.2) is 4.79 Å². The van der Waals surface area contributed by atoms with Crippen LogP contribution in [0.4, 0.5) is 0 Å². The molecule has 1 saturated heterocycles. The van der Waals surface area contributed by atoms with Crippen molar-refractivity contribution in [3.8, 4) is 11.5 Å². The lowest BCUT2D eigenvalue weighted by Crippen LogP contribution is -2.46. The van der Waals surface area contributed by atoms with Crippen molar-refractivity contribution in [2.75, 3.05) is 0 Å². The molecule has 6 nitrogen and oxygen atoms in total. The molecule has 6 heteroatoms. The lowest BCUT2D eigenvalue weighted by molar-refractivity contribution is -0.141. The van der Waals surface area contributed by atoms with Crippen LogP contribution in [-0.2, 0) is 4.79 Å². The number of carbonyl (C=O) groups excluding carboxylic acids is 1. The van der Waals surface area contributed by atoms with E-state index in [1.165, 1.54) is 0 Å². The van der Waals surface area contributed by atoms with Crippen LogP contribution < -0.4 is 4.74 Å². The summed E-state index contributed by atoms with van der Waals surface area (Å²) in [4.78, 5) is 30.4. The van der Waals surface area contributed by atoms with Gasteiger partial charge in [0.2, 0.25) is 0 Å². The van der Waals surface area contributed by atoms with Crippen LogP contribution in [-0.4, -0.2) is 39.0 Å². The van der Waals surface area contributed by atoms with Gasteiger partial charge in [0.15, 0.2) is 0 Å². The molecule has 1 amide bonds. The molecule has 1 aromatic heterocycles. The molecule has 0 radical (unpaired) electrons. The van der Waals surface area contributed by atoms with Crippen LogP contribution in [0.25, 0.3) is 0 Å². The molecule has 2 aliphatic rings. The molecule has 140 valence electrons. The first-order valence-corrected chi connectivity index (χ1v) is 9.37. The molecule has 1 N–H and O–H groups in total. The predicted octanol–water partition coefficient (Wildman–Crippen LogP) is 3.73. The quantitative estimate of drug-likeness (QED) is 0.892. The van der Waals surface area contributed by atoms with Gasteiger partial charge in [-0.05, 0) is 61.6 Å². The van der Waals surface area contributed by atoms with Gasteiger partial charge in [0.25, 0.3) is 5.91 Å². The molecule has 1 aromatic carbocycles. The van der Waals surface area contributed by atoms with Crippen LogP contribution in [0.1, 0.15) is 42.5 Å². The number of nitrogens with zero attached hydrogens (tertiary/aromatic N) is 2. The third-order valence-corrected chi connectivity index (χ3v) is 5.58. The molecule has 1 aliphatic heterocycles. The fourth-order valence-electron chi connectivity index (χ4n) is 4.33. The van der Waals surface area contributed by atoms with Crippen LogP contribution in [0.5, 0.6) is 11.5 Å². The van der Waals surface area contributed by atoms with Crippen LogP contribution >= 0.6 is 0 Å². The normalized spacial score (nSPS) is 24.3. The first-order valence-electron chi connectivity index (χ1n) is 9.37. The molecule has 27 heavy (non-hydrogen) atoms. The van der Waals surface area contributed by atoms with E-state index in [1.807, 2.05) is 0 Å². The Balaban J connectivity index is 1.53. The minimum Gasteiger partial charge on any atom is -0.480 e. The SMILES string of the molecule is O=C(O)C1CC2CCCCC2N1C(=O)c1ccc(Oc2cccnc2)cc1. The number of aromatic nitrogens is 1. The van der Waals surface area contributed by atoms with Gasteiger partial charge < -0.3 is 14.7 Å². The van der Waals surface area contributed by atoms with Crippen molar-refractivity contribution in [1.82, 2.24) is 9.88 Å². The third kappa shape index (κ3) is 3.52. The minimum atomic E-state index is -0.908. The molecule has 1 aliphatic carbocycles. The fraction of sp³-hybridized carbons (Fsp3) is 0.381. The highest BCUT2D eigenvalue weighted by atomic mass is 16.5. The van der Waals surface area contributed by atoms with Crippen LogP contribution in [0, 0.1) is 5.92 Å². The van der Waals surface area contributed by atoms with Crippen molar-refractivity contribution in [1.29, 1.82) is 0 Å². The monoisotopic (exact) mass is 366 g/mol. The lowest BCUT2D eigenvalue weighted by atomic mass is 9.84. The van der Waals surface area contributed by atoms with Gasteiger partial charge in [0.1, 0.15) is 17.5 Å². The molecule has 2 fully saturated rings. The molecule has 3 unspecified atom stereocenters. The number of aliphatic carboxylic acids is 1. The van der Waals surface area contributed by atoms with E-state index in [0.717, 1.165) is 25.7 Å². The van der Waals surface area contributed by atoms with Crippen LogP contribution in [0.3, 0.4) is 0 Å². The molecule has 2 heterocycles. The standard InChI is InChI=1S/C21H22N2O4/c24-20(23-18-6-2-1-4-15(18)12-19(23)21(25)26)14-7-9-16(10-8-14)27-17-5-3-11-22-13-17/h3,5,7-11,13,15,18-19H,1-2,4,6,12H2,(H,25,26). The second kappa shape index (κ2) is 7.39. The number of carbonyl (C=O) groups is 2. The zero-order chi connectivity index (χ0) is 18.8. The molecule has 0 bridgehead atoms. The summed E-state index contributed by atoms with van der Waals surface area (Å²) in [6.07, 6.45) is 7.92. The van der Waals surface area contributed by atoms with Crippen molar-refractivity contribution < 1.29 is 19.4 Å². The molecule has 1 saturated carbocycles. The summed E-state index contributed by atoms with van der Waals surface area (Å²) in [7, 11) is 0. The Bertz CT molecular complexity index is 822. The highest BCUT2D eigenvalue weighted by Gasteiger charge is 2.47. The zero-order valence-electron chi connectivity index (χ0n) is 15.0. The van der Waals surface area contributed by atoms with Crippen molar-refractivity contribution in [3.63, 3.8) is 0 Å². The van der Waals surface area contributed by atoms with E-state index in [-0.39, 0.29) is 11.9 Å². The van der Waals surface area contributed by atoms with E-state index >= 15 is 0 Å². The molecule has 4 rings (SSSR count). The number of rotatable bonds is 4. The summed E-state index contributed by atoms with van der Waals surface area (Å²) in [5.41, 5.74) is 0.492. The minimum absolute atomic E-state index is 0.0404. The van der Waals surface area contributed by atoms with E-state index < -0.39 is 12.0 Å². The van der Waals surface area contributed by atoms with Gasteiger partial charge in [-0.1, -0.05) is 12.8 Å². The van der Waals surface area contributed by atoms with Gasteiger partial charge in [0, 0.05) is 17.8 Å². The van der Waals surface area contributed by atoms with E-state index in [9.17, 15) is 14.7 Å². The maximum Gasteiger partial charge on any atom is 0.326 e. The van der Waals surface area contributed by atoms with E-state index in [2.05, 4.69) is 4.98 Å². The summed E-state index contributed by atoms with van der Waals surface area (Å²) in [6.45, 7) is 0. The van der Waals surface area contributed by atoms with Crippen LogP contribution in [0.15, 0.2) is 48.8 Å². The van der Waals surface area contributed by atoms with Crippen LogP contribution in [0.2, 0.25) is 0 Å². The van der Waals surface area contributed by atoms with Gasteiger partial charge in [-0.3, -0.25) is 9.78 Å². The van der Waals surface area contributed by atoms with E-state index in [0.29, 0.717) is 29.4 Å². The molecule has 3 atom stereocenters. The van der Waals surface area contributed by atoms with Crippen molar-refractivity contribution in [3.05, 3.63) is 54.4 Å². The Hall–Kier alpha value is -2.89. The highest BCUT2D eigenvalue weighted by Crippen LogP contribution is 2.40. The third-order valence-electron chi connectivity index (χ3n) is 5.58. The van der Waals surface area contributed by atoms with E-state index in [4.69, 9.17) is 4.74 Å². The smallest absolute Gasteiger partial charge is 0.326 e. The topological polar surface area (TPSA) is 79.7 Å². The number of hydrogen-bond donors (Lipinski definition) is 1. The summed E-state index contributed by atoms with van der Waals surface area (Å²) < 4.78 is 5.70. The number of carboxylic acids is 1. The largest absolute Gasteiger partial charge is 0.480 e. The van der Waals surface area contributed by atoms with Gasteiger partial charge in [-0.15, -0.1) is 0 Å². The molecule has 2 aromatic rings. The fourth-order valence-corrected chi connectivity index (χ4v) is 4.33. The number of hydrogen-bond acceptors (Lipinski definition) is 4. The Kier molecular flexibility index (Phi) is 4.79. The average molecular weight is 366 g/mol. The number of likely N-dealkylation sites (tertiary alicyclic amines) is 1. The molecular formula is C21H22N2O4. The average Bonchev–Trinajstić information content (AvgIpc) is 3.09. The maximum atomic E-state index is 13.1. The number of amides is 1. The summed E-state index contributed by atoms with van der Waals surface area (Å²) in [5, 5.41) is 9.61. The van der Waals surface area contributed by atoms with Gasteiger partial charge in [-0.2, -0.15) is 0 Å². The number of fused-ring (bicyclic) bond motifs is 1. The Morgan fingerprint density at radius 1 is 1.07 bits per heavy atom. The first-order chi connectivity index (χ1) is 13.1. The zero-order valence-corrected chi connectivity index (χ0v) is 15.0. The van der Waals surface area contributed by atoms with Crippen molar-refractivity contribution in [2.24, 2.45) is 5.92 Å². The Morgan fingerprint density at radius 3 is 2.56 bits per heavy atom. The van der Waals surface area contributed by atoms with E-state index in [1.54, 1.807) is 53.7 Å². The van der Waals surface area contributed by atoms with Crippen molar-refractivity contribution >= 4 is 11.9 Å². The second-order valence-corrected chi connectivity index (χ2v) is 7.23. The Labute approximate surface area is 157 Å². The molecular weight excluding hydrogens is 344 g/mol. The Morgan fingerprint density at radius 2 is 1.85 bits per heavy atom. The number of carboxylic acid groups (broad SMARTS) is 1. The predicted molar refractivity (Wildman–Crippen MR) is 98.7 cm³/mol. The van der Waals surface area contributed by atoms with Gasteiger partial charge in [0.05, 0.1) is 6.20 Å².